The van der Waals surface area contributed by atoms with Gasteiger partial charge in [0, 0.05) is 13.1 Å². The zero-order chi connectivity index (χ0) is 14.6. The molecule has 1 heterocycles. The number of nitrogens with one attached hydrogen (secondary N) is 2. The zero-order valence-corrected chi connectivity index (χ0v) is 13.8. The highest BCUT2D eigenvalue weighted by Gasteiger charge is 2.35. The number of benzene rings is 1. The number of ether oxygens (including phenoxy) is 1. The molecular weight excluding hydrogens is 288 g/mol. The summed E-state index contributed by atoms with van der Waals surface area (Å²) in [7, 11) is 0. The maximum absolute atomic E-state index is 12.2. The lowest BCUT2D eigenvalue weighted by molar-refractivity contribution is -0.129. The minimum atomic E-state index is -0.272. The molecule has 1 aromatic carbocycles. The number of amides is 1. The summed E-state index contributed by atoms with van der Waals surface area (Å²) < 4.78 is 5.66. The zero-order valence-electron chi connectivity index (χ0n) is 12.9. The highest BCUT2D eigenvalue weighted by molar-refractivity contribution is 5.85. The Hall–Kier alpha value is -1.26. The Balaban J connectivity index is 0.00000220. The average molecular weight is 313 g/mol. The molecule has 1 unspecified atom stereocenters. The van der Waals surface area contributed by atoms with Crippen LogP contribution in [0.25, 0.3) is 0 Å². The minimum absolute atomic E-state index is 0. The number of carbonyl (C=O) groups excluding carboxylic acids is 1. The van der Waals surface area contributed by atoms with Crippen LogP contribution in [0.15, 0.2) is 24.3 Å². The lowest BCUT2D eigenvalue weighted by Crippen LogP contribution is -2.40. The van der Waals surface area contributed by atoms with E-state index in [2.05, 4.69) is 10.6 Å². The number of hydrogen-bond acceptors (Lipinski definition) is 3. The van der Waals surface area contributed by atoms with Gasteiger partial charge in [0.2, 0.25) is 5.91 Å². The van der Waals surface area contributed by atoms with Crippen molar-refractivity contribution in [3.63, 3.8) is 0 Å². The summed E-state index contributed by atoms with van der Waals surface area (Å²) in [5.74, 6) is 0.971. The van der Waals surface area contributed by atoms with Gasteiger partial charge in [0.15, 0.2) is 0 Å². The van der Waals surface area contributed by atoms with E-state index in [1.807, 2.05) is 45.0 Å². The summed E-state index contributed by atoms with van der Waals surface area (Å²) in [5.41, 5.74) is 0.789. The molecule has 2 N–H and O–H groups in total. The van der Waals surface area contributed by atoms with Crippen LogP contribution in [0.2, 0.25) is 0 Å². The first-order chi connectivity index (χ1) is 9.49. The summed E-state index contributed by atoms with van der Waals surface area (Å²) in [6.07, 6.45) is 1.05. The van der Waals surface area contributed by atoms with Crippen LogP contribution in [0.5, 0.6) is 5.75 Å². The number of rotatable bonds is 5. The fraction of sp³-hybridized carbons (Fsp3) is 0.562. The van der Waals surface area contributed by atoms with Gasteiger partial charge in [0.1, 0.15) is 5.75 Å². The topological polar surface area (TPSA) is 50.4 Å². The van der Waals surface area contributed by atoms with Crippen LogP contribution < -0.4 is 15.4 Å². The van der Waals surface area contributed by atoms with Crippen molar-refractivity contribution in [3.8, 4) is 5.75 Å². The molecule has 4 nitrogen and oxygen atoms in total. The third kappa shape index (κ3) is 4.90. The van der Waals surface area contributed by atoms with Crippen molar-refractivity contribution >= 4 is 18.3 Å². The molecule has 21 heavy (non-hydrogen) atoms. The van der Waals surface area contributed by atoms with Crippen molar-refractivity contribution in [2.75, 3.05) is 13.1 Å². The van der Waals surface area contributed by atoms with E-state index >= 15 is 0 Å². The molecule has 0 radical (unpaired) electrons. The second-order valence-electron chi connectivity index (χ2n) is 5.98. The molecule has 0 spiro atoms. The van der Waals surface area contributed by atoms with Crippen molar-refractivity contribution in [2.45, 2.75) is 39.8 Å². The van der Waals surface area contributed by atoms with Gasteiger partial charge >= 0.3 is 0 Å². The summed E-state index contributed by atoms with van der Waals surface area (Å²) in [5, 5.41) is 6.27. The Bertz CT molecular complexity index is 471. The van der Waals surface area contributed by atoms with Gasteiger partial charge in [-0.25, -0.2) is 0 Å². The SMILES string of the molecule is CC(C)Oc1cccc(CNC(=O)C2(C)CCNC2)c1.Cl. The first-order valence-electron chi connectivity index (χ1n) is 7.24. The first kappa shape index (κ1) is 17.8. The molecule has 0 aliphatic carbocycles. The van der Waals surface area contributed by atoms with Crippen molar-refractivity contribution < 1.29 is 9.53 Å². The lowest BCUT2D eigenvalue weighted by Gasteiger charge is -2.21. The molecule has 5 heteroatoms. The maximum Gasteiger partial charge on any atom is 0.227 e. The smallest absolute Gasteiger partial charge is 0.227 e. The van der Waals surface area contributed by atoms with E-state index in [1.54, 1.807) is 0 Å². The Morgan fingerprint density at radius 2 is 2.24 bits per heavy atom. The van der Waals surface area contributed by atoms with E-state index in [0.717, 1.165) is 30.8 Å². The van der Waals surface area contributed by atoms with E-state index < -0.39 is 0 Å². The molecule has 1 amide bonds. The number of carbonyl (C=O) groups is 1. The van der Waals surface area contributed by atoms with E-state index in [4.69, 9.17) is 4.74 Å². The summed E-state index contributed by atoms with van der Waals surface area (Å²) in [6.45, 7) is 8.24. The molecule has 0 saturated carbocycles. The van der Waals surface area contributed by atoms with Gasteiger partial charge in [-0.1, -0.05) is 12.1 Å². The van der Waals surface area contributed by atoms with Crippen LogP contribution in [-0.2, 0) is 11.3 Å². The predicted molar refractivity (Wildman–Crippen MR) is 86.9 cm³/mol. The van der Waals surface area contributed by atoms with Gasteiger partial charge in [-0.2, -0.15) is 0 Å². The molecule has 1 aliphatic rings. The second kappa shape index (κ2) is 7.66. The fourth-order valence-corrected chi connectivity index (χ4v) is 2.41. The third-order valence-electron chi connectivity index (χ3n) is 3.64. The molecule has 1 aromatic rings. The van der Waals surface area contributed by atoms with E-state index in [-0.39, 0.29) is 29.8 Å². The molecule has 0 bridgehead atoms. The second-order valence-corrected chi connectivity index (χ2v) is 5.98. The van der Waals surface area contributed by atoms with Crippen LogP contribution >= 0.6 is 12.4 Å². The summed E-state index contributed by atoms with van der Waals surface area (Å²) in [6, 6.07) is 7.88. The Morgan fingerprint density at radius 1 is 1.48 bits per heavy atom. The molecule has 1 fully saturated rings. The van der Waals surface area contributed by atoms with Crippen LogP contribution in [0.1, 0.15) is 32.8 Å². The number of hydrogen-bond donors (Lipinski definition) is 2. The third-order valence-corrected chi connectivity index (χ3v) is 3.64. The van der Waals surface area contributed by atoms with Crippen LogP contribution in [0.4, 0.5) is 0 Å². The molecular formula is C16H25ClN2O2. The Labute approximate surface area is 133 Å². The molecule has 1 saturated heterocycles. The van der Waals surface area contributed by atoms with Gasteiger partial charge in [0.25, 0.3) is 0 Å². The molecule has 118 valence electrons. The van der Waals surface area contributed by atoms with Crippen LogP contribution in [0.3, 0.4) is 0 Å². The Morgan fingerprint density at radius 3 is 2.86 bits per heavy atom. The van der Waals surface area contributed by atoms with E-state index in [1.165, 1.54) is 0 Å². The van der Waals surface area contributed by atoms with Gasteiger partial charge in [-0.05, 0) is 51.4 Å². The molecule has 1 aliphatic heterocycles. The van der Waals surface area contributed by atoms with Gasteiger partial charge in [-0.3, -0.25) is 4.79 Å². The average Bonchev–Trinajstić information content (AvgIpc) is 2.84. The maximum atomic E-state index is 12.2. The van der Waals surface area contributed by atoms with Gasteiger partial charge in [0.05, 0.1) is 11.5 Å². The lowest BCUT2D eigenvalue weighted by atomic mass is 9.89. The van der Waals surface area contributed by atoms with Crippen LogP contribution in [-0.4, -0.2) is 25.1 Å². The predicted octanol–water partition coefficient (Wildman–Crippen LogP) is 2.51. The highest BCUT2D eigenvalue weighted by Crippen LogP contribution is 2.24. The standard InChI is InChI=1S/C16H24N2O2.ClH/c1-12(2)20-14-6-4-5-13(9-14)10-18-15(19)16(3)7-8-17-11-16;/h4-6,9,12,17H,7-8,10-11H2,1-3H3,(H,18,19);1H. The Kier molecular flexibility index (Phi) is 6.49. The fourth-order valence-electron chi connectivity index (χ4n) is 2.41. The minimum Gasteiger partial charge on any atom is -0.491 e. The largest absolute Gasteiger partial charge is 0.491 e. The van der Waals surface area contributed by atoms with Gasteiger partial charge in [-0.15, -0.1) is 12.4 Å². The number of halogens is 1. The first-order valence-corrected chi connectivity index (χ1v) is 7.24. The van der Waals surface area contributed by atoms with Gasteiger partial charge < -0.3 is 15.4 Å². The summed E-state index contributed by atoms with van der Waals surface area (Å²) >= 11 is 0. The highest BCUT2D eigenvalue weighted by atomic mass is 35.5. The van der Waals surface area contributed by atoms with E-state index in [9.17, 15) is 4.79 Å². The molecule has 1 atom stereocenters. The van der Waals surface area contributed by atoms with Crippen molar-refractivity contribution in [1.29, 1.82) is 0 Å². The van der Waals surface area contributed by atoms with Crippen molar-refractivity contribution in [1.82, 2.24) is 10.6 Å². The van der Waals surface area contributed by atoms with E-state index in [0.29, 0.717) is 6.54 Å². The summed E-state index contributed by atoms with van der Waals surface area (Å²) in [4.78, 5) is 12.2. The van der Waals surface area contributed by atoms with Crippen molar-refractivity contribution in [3.05, 3.63) is 29.8 Å². The normalized spacial score (nSPS) is 21.0. The van der Waals surface area contributed by atoms with Crippen molar-refractivity contribution in [2.24, 2.45) is 5.41 Å². The van der Waals surface area contributed by atoms with Crippen LogP contribution in [0, 0.1) is 5.41 Å². The molecule has 0 aromatic heterocycles. The monoisotopic (exact) mass is 312 g/mol. The molecule has 2 rings (SSSR count). The quantitative estimate of drug-likeness (QED) is 0.878.